The molecule has 0 fully saturated rings. The minimum absolute atomic E-state index is 0.0735. The Balaban J connectivity index is 2.21. The predicted molar refractivity (Wildman–Crippen MR) is 46.9 cm³/mol. The summed E-state index contributed by atoms with van der Waals surface area (Å²) in [5.74, 6) is 0.0973. The molecule has 13 heavy (non-hydrogen) atoms. The summed E-state index contributed by atoms with van der Waals surface area (Å²) in [5.41, 5.74) is 0. The highest BCUT2D eigenvalue weighted by atomic mass is 16.5. The molecule has 0 bridgehead atoms. The van der Waals surface area contributed by atoms with Crippen LogP contribution >= 0.6 is 0 Å². The minimum Gasteiger partial charge on any atom is -0.364 e. The quantitative estimate of drug-likeness (QED) is 0.635. The van der Waals surface area contributed by atoms with Gasteiger partial charge in [0.25, 0.3) is 0 Å². The molecule has 0 spiro atoms. The van der Waals surface area contributed by atoms with Crippen LogP contribution < -0.4 is 5.32 Å². The van der Waals surface area contributed by atoms with Crippen LogP contribution in [0, 0.1) is 5.92 Å². The number of carbonyl (C=O) groups is 2. The molecule has 1 rings (SSSR count). The molecule has 0 saturated carbocycles. The second-order valence-electron chi connectivity index (χ2n) is 3.03. The summed E-state index contributed by atoms with van der Waals surface area (Å²) in [5, 5.41) is 2.57. The molecule has 1 amide bonds. The third-order valence-corrected chi connectivity index (χ3v) is 1.88. The molecule has 0 aliphatic heterocycles. The lowest BCUT2D eigenvalue weighted by Crippen LogP contribution is -2.26. The topological polar surface area (TPSA) is 55.4 Å². The van der Waals surface area contributed by atoms with Gasteiger partial charge in [-0.3, -0.25) is 9.59 Å². The molecule has 1 unspecified atom stereocenters. The summed E-state index contributed by atoms with van der Waals surface area (Å²) in [6.45, 7) is 0.225. The Morgan fingerprint density at radius 2 is 2.54 bits per heavy atom. The number of hydrogen-bond acceptors (Lipinski definition) is 3. The number of allylic oxidation sites excluding steroid dienone is 2. The van der Waals surface area contributed by atoms with Crippen LogP contribution in [-0.4, -0.2) is 25.5 Å². The van der Waals surface area contributed by atoms with Crippen LogP contribution in [0.15, 0.2) is 12.2 Å². The Morgan fingerprint density at radius 3 is 3.08 bits per heavy atom. The Hall–Kier alpha value is -1.16. The number of ether oxygens (including phenoxy) is 1. The van der Waals surface area contributed by atoms with E-state index in [0.717, 1.165) is 0 Å². The van der Waals surface area contributed by atoms with Crippen LogP contribution in [0.25, 0.3) is 0 Å². The molecule has 1 aliphatic rings. The molecular formula is C9H13NO3. The SMILES string of the molecule is COCNC(=O)CC1C=CC(=O)C1. The van der Waals surface area contributed by atoms with Crippen molar-refractivity contribution in [3.8, 4) is 0 Å². The molecule has 0 aromatic rings. The first kappa shape index (κ1) is 9.92. The predicted octanol–water partition coefficient (Wildman–Crippen LogP) is 0.242. The van der Waals surface area contributed by atoms with E-state index >= 15 is 0 Å². The van der Waals surface area contributed by atoms with Gasteiger partial charge in [-0.2, -0.15) is 0 Å². The lowest BCUT2D eigenvalue weighted by atomic mass is 10.1. The van der Waals surface area contributed by atoms with Gasteiger partial charge in [-0.1, -0.05) is 6.08 Å². The molecule has 0 radical (unpaired) electrons. The van der Waals surface area contributed by atoms with Crippen molar-refractivity contribution in [3.63, 3.8) is 0 Å². The molecule has 1 aliphatic carbocycles. The van der Waals surface area contributed by atoms with Crippen molar-refractivity contribution in [2.45, 2.75) is 12.8 Å². The summed E-state index contributed by atoms with van der Waals surface area (Å²) < 4.78 is 4.68. The third-order valence-electron chi connectivity index (χ3n) is 1.88. The van der Waals surface area contributed by atoms with Crippen LogP contribution in [0.5, 0.6) is 0 Å². The van der Waals surface area contributed by atoms with Gasteiger partial charge in [-0.15, -0.1) is 0 Å². The Labute approximate surface area is 76.9 Å². The van der Waals surface area contributed by atoms with Crippen molar-refractivity contribution < 1.29 is 14.3 Å². The lowest BCUT2D eigenvalue weighted by molar-refractivity contribution is -0.123. The van der Waals surface area contributed by atoms with E-state index in [4.69, 9.17) is 0 Å². The fourth-order valence-corrected chi connectivity index (χ4v) is 1.24. The summed E-state index contributed by atoms with van der Waals surface area (Å²) in [6, 6.07) is 0. The highest BCUT2D eigenvalue weighted by molar-refractivity contribution is 5.93. The maximum Gasteiger partial charge on any atom is 0.222 e. The van der Waals surface area contributed by atoms with Gasteiger partial charge in [0, 0.05) is 20.0 Å². The molecular weight excluding hydrogens is 170 g/mol. The van der Waals surface area contributed by atoms with E-state index in [9.17, 15) is 9.59 Å². The van der Waals surface area contributed by atoms with Gasteiger partial charge >= 0.3 is 0 Å². The van der Waals surface area contributed by atoms with E-state index in [1.165, 1.54) is 13.2 Å². The number of nitrogens with one attached hydrogen (secondary N) is 1. The van der Waals surface area contributed by atoms with Gasteiger partial charge in [0.15, 0.2) is 5.78 Å². The second kappa shape index (κ2) is 4.77. The number of rotatable bonds is 4. The third kappa shape index (κ3) is 3.38. The van der Waals surface area contributed by atoms with E-state index in [2.05, 4.69) is 10.1 Å². The van der Waals surface area contributed by atoms with Gasteiger partial charge in [-0.25, -0.2) is 0 Å². The average molecular weight is 183 g/mol. The Bertz CT molecular complexity index is 235. The first-order valence-electron chi connectivity index (χ1n) is 4.19. The molecule has 1 atom stereocenters. The van der Waals surface area contributed by atoms with Crippen LogP contribution in [-0.2, 0) is 14.3 Å². The molecule has 0 saturated heterocycles. The van der Waals surface area contributed by atoms with E-state index < -0.39 is 0 Å². The average Bonchev–Trinajstić information content (AvgIpc) is 2.48. The molecule has 4 nitrogen and oxygen atoms in total. The smallest absolute Gasteiger partial charge is 0.222 e. The fraction of sp³-hybridized carbons (Fsp3) is 0.556. The summed E-state index contributed by atoms with van der Waals surface area (Å²) in [7, 11) is 1.51. The number of carbonyl (C=O) groups excluding carboxylic acids is 2. The van der Waals surface area contributed by atoms with Crippen LogP contribution in [0.3, 0.4) is 0 Å². The van der Waals surface area contributed by atoms with Gasteiger partial charge < -0.3 is 10.1 Å². The summed E-state index contributed by atoms with van der Waals surface area (Å²) in [6.07, 6.45) is 4.15. The molecule has 4 heteroatoms. The van der Waals surface area contributed by atoms with Crippen molar-refractivity contribution in [2.75, 3.05) is 13.8 Å². The molecule has 0 aromatic carbocycles. The van der Waals surface area contributed by atoms with E-state index in [1.54, 1.807) is 6.08 Å². The van der Waals surface area contributed by atoms with Gasteiger partial charge in [0.1, 0.15) is 6.73 Å². The van der Waals surface area contributed by atoms with Crippen LogP contribution in [0.2, 0.25) is 0 Å². The van der Waals surface area contributed by atoms with Crippen LogP contribution in [0.4, 0.5) is 0 Å². The molecule has 0 aromatic heterocycles. The number of methoxy groups -OCH3 is 1. The number of ketones is 1. The Morgan fingerprint density at radius 1 is 1.77 bits per heavy atom. The van der Waals surface area contributed by atoms with E-state index in [1.807, 2.05) is 0 Å². The zero-order chi connectivity index (χ0) is 9.68. The van der Waals surface area contributed by atoms with Crippen molar-refractivity contribution >= 4 is 11.7 Å². The van der Waals surface area contributed by atoms with Gasteiger partial charge in [0.05, 0.1) is 0 Å². The van der Waals surface area contributed by atoms with E-state index in [0.29, 0.717) is 12.8 Å². The largest absolute Gasteiger partial charge is 0.364 e. The first-order valence-corrected chi connectivity index (χ1v) is 4.19. The monoisotopic (exact) mass is 183 g/mol. The van der Waals surface area contributed by atoms with E-state index in [-0.39, 0.29) is 24.3 Å². The fourth-order valence-electron chi connectivity index (χ4n) is 1.24. The zero-order valence-electron chi connectivity index (χ0n) is 7.58. The highest BCUT2D eigenvalue weighted by Gasteiger charge is 2.18. The van der Waals surface area contributed by atoms with Gasteiger partial charge in [-0.05, 0) is 12.0 Å². The maximum atomic E-state index is 11.1. The van der Waals surface area contributed by atoms with Crippen LogP contribution in [0.1, 0.15) is 12.8 Å². The van der Waals surface area contributed by atoms with Crippen molar-refractivity contribution in [2.24, 2.45) is 5.92 Å². The Kier molecular flexibility index (Phi) is 3.64. The maximum absolute atomic E-state index is 11.1. The molecule has 1 N–H and O–H groups in total. The first-order chi connectivity index (χ1) is 6.22. The van der Waals surface area contributed by atoms with Crippen molar-refractivity contribution in [1.29, 1.82) is 0 Å². The summed E-state index contributed by atoms with van der Waals surface area (Å²) in [4.78, 5) is 21.9. The normalized spacial score (nSPS) is 20.7. The minimum atomic E-state index is -0.0776. The second-order valence-corrected chi connectivity index (χ2v) is 3.03. The molecule has 72 valence electrons. The standard InChI is InChI=1S/C9H13NO3/c1-13-6-10-9(12)5-7-2-3-8(11)4-7/h2-3,7H,4-6H2,1H3,(H,10,12). The number of hydrogen-bond donors (Lipinski definition) is 1. The number of amides is 1. The highest BCUT2D eigenvalue weighted by Crippen LogP contribution is 2.17. The van der Waals surface area contributed by atoms with Gasteiger partial charge in [0.2, 0.25) is 5.91 Å². The van der Waals surface area contributed by atoms with Crippen molar-refractivity contribution in [3.05, 3.63) is 12.2 Å². The summed E-state index contributed by atoms with van der Waals surface area (Å²) >= 11 is 0. The molecule has 0 heterocycles. The zero-order valence-corrected chi connectivity index (χ0v) is 7.58. The van der Waals surface area contributed by atoms with Crippen molar-refractivity contribution in [1.82, 2.24) is 5.32 Å². The lowest BCUT2D eigenvalue weighted by Gasteiger charge is -2.06.